The minimum Gasteiger partial charge on any atom is -0.325 e. The lowest BCUT2D eigenvalue weighted by atomic mass is 10.1. The Hall–Kier alpha value is -1.35. The monoisotopic (exact) mass is 260 g/mol. The summed E-state index contributed by atoms with van der Waals surface area (Å²) in [5.74, 6) is 0.0513. The number of anilines is 1. The summed E-state index contributed by atoms with van der Waals surface area (Å²) in [6, 6.07) is 10.00. The molecule has 0 aliphatic heterocycles. The van der Waals surface area contributed by atoms with E-state index in [2.05, 4.69) is 10.6 Å². The maximum absolute atomic E-state index is 12.1. The van der Waals surface area contributed by atoms with Gasteiger partial charge in [-0.3, -0.25) is 4.79 Å². The average molecular weight is 260 g/mol. The summed E-state index contributed by atoms with van der Waals surface area (Å²) >= 11 is 0. The van der Waals surface area contributed by atoms with Crippen LogP contribution in [0.25, 0.3) is 0 Å². The SMILES string of the molecule is C[C@@H](NC1CCCCCC1)C(=O)Nc1ccccc1. The van der Waals surface area contributed by atoms with Gasteiger partial charge in [-0.2, -0.15) is 0 Å². The van der Waals surface area contributed by atoms with E-state index in [9.17, 15) is 4.79 Å². The van der Waals surface area contributed by atoms with Gasteiger partial charge in [-0.25, -0.2) is 0 Å². The molecule has 1 aliphatic rings. The molecule has 1 aromatic carbocycles. The Bertz CT molecular complexity index is 383. The summed E-state index contributed by atoms with van der Waals surface area (Å²) in [7, 11) is 0. The van der Waals surface area contributed by atoms with Crippen LogP contribution in [0.4, 0.5) is 5.69 Å². The Balaban J connectivity index is 1.81. The van der Waals surface area contributed by atoms with Crippen LogP contribution < -0.4 is 10.6 Å². The smallest absolute Gasteiger partial charge is 0.241 e. The lowest BCUT2D eigenvalue weighted by Crippen LogP contribution is -2.43. The van der Waals surface area contributed by atoms with E-state index in [4.69, 9.17) is 0 Å². The van der Waals surface area contributed by atoms with Crippen molar-refractivity contribution in [3.05, 3.63) is 30.3 Å². The molecular weight excluding hydrogens is 236 g/mol. The maximum atomic E-state index is 12.1. The highest BCUT2D eigenvalue weighted by Gasteiger charge is 2.18. The molecule has 0 saturated heterocycles. The Morgan fingerprint density at radius 1 is 1.11 bits per heavy atom. The van der Waals surface area contributed by atoms with E-state index >= 15 is 0 Å². The fraction of sp³-hybridized carbons (Fsp3) is 0.562. The van der Waals surface area contributed by atoms with Crippen LogP contribution in [0.15, 0.2) is 30.3 Å². The number of hydrogen-bond donors (Lipinski definition) is 2. The molecular formula is C16H24N2O. The summed E-state index contributed by atoms with van der Waals surface area (Å²) < 4.78 is 0. The fourth-order valence-electron chi connectivity index (χ4n) is 2.65. The molecule has 1 aliphatic carbocycles. The van der Waals surface area contributed by atoms with Crippen molar-refractivity contribution >= 4 is 11.6 Å². The molecule has 0 heterocycles. The van der Waals surface area contributed by atoms with Gasteiger partial charge in [0.15, 0.2) is 0 Å². The Morgan fingerprint density at radius 3 is 2.37 bits per heavy atom. The van der Waals surface area contributed by atoms with Gasteiger partial charge in [0.25, 0.3) is 0 Å². The zero-order chi connectivity index (χ0) is 13.5. The van der Waals surface area contributed by atoms with Gasteiger partial charge < -0.3 is 10.6 Å². The van der Waals surface area contributed by atoms with Crippen molar-refractivity contribution in [3.8, 4) is 0 Å². The molecule has 1 fully saturated rings. The van der Waals surface area contributed by atoms with Gasteiger partial charge in [-0.05, 0) is 31.9 Å². The third-order valence-corrected chi connectivity index (χ3v) is 3.78. The number of benzene rings is 1. The highest BCUT2D eigenvalue weighted by Crippen LogP contribution is 2.17. The third kappa shape index (κ3) is 4.67. The summed E-state index contributed by atoms with van der Waals surface area (Å²) in [4.78, 5) is 12.1. The largest absolute Gasteiger partial charge is 0.325 e. The van der Waals surface area contributed by atoms with Crippen molar-refractivity contribution in [2.75, 3.05) is 5.32 Å². The quantitative estimate of drug-likeness (QED) is 0.815. The number of hydrogen-bond acceptors (Lipinski definition) is 2. The summed E-state index contributed by atoms with van der Waals surface area (Å²) in [5.41, 5.74) is 0.863. The Kier molecular flexibility index (Phi) is 5.40. The van der Waals surface area contributed by atoms with Crippen molar-refractivity contribution in [2.24, 2.45) is 0 Å². The van der Waals surface area contributed by atoms with Crippen molar-refractivity contribution < 1.29 is 4.79 Å². The van der Waals surface area contributed by atoms with E-state index in [0.717, 1.165) is 5.69 Å². The Morgan fingerprint density at radius 2 is 1.74 bits per heavy atom. The molecule has 0 aromatic heterocycles. The lowest BCUT2D eigenvalue weighted by molar-refractivity contribution is -0.118. The van der Waals surface area contributed by atoms with Crippen LogP contribution in [-0.2, 0) is 4.79 Å². The van der Waals surface area contributed by atoms with Crippen LogP contribution in [0.3, 0.4) is 0 Å². The van der Waals surface area contributed by atoms with Crippen LogP contribution >= 0.6 is 0 Å². The first-order chi connectivity index (χ1) is 9.25. The highest BCUT2D eigenvalue weighted by molar-refractivity contribution is 5.94. The average Bonchev–Trinajstić information content (AvgIpc) is 2.68. The molecule has 1 amide bonds. The molecule has 1 aromatic rings. The zero-order valence-electron chi connectivity index (χ0n) is 11.7. The third-order valence-electron chi connectivity index (χ3n) is 3.78. The van der Waals surface area contributed by atoms with Gasteiger partial charge in [0, 0.05) is 11.7 Å². The second-order valence-corrected chi connectivity index (χ2v) is 5.43. The molecule has 19 heavy (non-hydrogen) atoms. The molecule has 2 N–H and O–H groups in total. The van der Waals surface area contributed by atoms with E-state index in [1.54, 1.807) is 0 Å². The van der Waals surface area contributed by atoms with E-state index in [1.807, 2.05) is 37.3 Å². The first-order valence-electron chi connectivity index (χ1n) is 7.37. The lowest BCUT2D eigenvalue weighted by Gasteiger charge is -2.21. The normalized spacial score (nSPS) is 18.6. The van der Waals surface area contributed by atoms with Gasteiger partial charge >= 0.3 is 0 Å². The van der Waals surface area contributed by atoms with Gasteiger partial charge in [-0.1, -0.05) is 43.9 Å². The predicted octanol–water partition coefficient (Wildman–Crippen LogP) is 3.33. The molecule has 2 rings (SSSR count). The minimum absolute atomic E-state index is 0.0513. The van der Waals surface area contributed by atoms with Gasteiger partial charge in [-0.15, -0.1) is 0 Å². The second-order valence-electron chi connectivity index (χ2n) is 5.43. The van der Waals surface area contributed by atoms with Crippen molar-refractivity contribution in [3.63, 3.8) is 0 Å². The molecule has 3 nitrogen and oxygen atoms in total. The minimum atomic E-state index is -0.136. The molecule has 1 atom stereocenters. The Labute approximate surface area is 115 Å². The first kappa shape index (κ1) is 14.1. The molecule has 104 valence electrons. The molecule has 0 unspecified atom stereocenters. The summed E-state index contributed by atoms with van der Waals surface area (Å²) in [5, 5.41) is 6.41. The number of para-hydroxylation sites is 1. The fourth-order valence-corrected chi connectivity index (χ4v) is 2.65. The van der Waals surface area contributed by atoms with E-state index in [0.29, 0.717) is 6.04 Å². The number of rotatable bonds is 4. The molecule has 0 radical (unpaired) electrons. The molecule has 0 spiro atoms. The van der Waals surface area contributed by atoms with E-state index in [1.165, 1.54) is 38.5 Å². The zero-order valence-corrected chi connectivity index (χ0v) is 11.7. The van der Waals surface area contributed by atoms with Crippen LogP contribution in [0, 0.1) is 0 Å². The molecule has 1 saturated carbocycles. The maximum Gasteiger partial charge on any atom is 0.241 e. The van der Waals surface area contributed by atoms with Crippen LogP contribution in [0.2, 0.25) is 0 Å². The standard InChI is InChI=1S/C16H24N2O/c1-13(17-14-9-5-2-3-6-10-14)16(19)18-15-11-7-4-8-12-15/h4,7-8,11-14,17H,2-3,5-6,9-10H2,1H3,(H,18,19)/t13-/m1/s1. The van der Waals surface area contributed by atoms with Gasteiger partial charge in [0.1, 0.15) is 0 Å². The number of nitrogens with one attached hydrogen (secondary N) is 2. The molecule has 3 heteroatoms. The van der Waals surface area contributed by atoms with E-state index < -0.39 is 0 Å². The first-order valence-corrected chi connectivity index (χ1v) is 7.37. The van der Waals surface area contributed by atoms with Crippen LogP contribution in [0.5, 0.6) is 0 Å². The number of carbonyl (C=O) groups is 1. The topological polar surface area (TPSA) is 41.1 Å². The van der Waals surface area contributed by atoms with E-state index in [-0.39, 0.29) is 11.9 Å². The second kappa shape index (κ2) is 7.29. The van der Waals surface area contributed by atoms with Crippen molar-refractivity contribution in [1.82, 2.24) is 5.32 Å². The number of carbonyl (C=O) groups excluding carboxylic acids is 1. The van der Waals surface area contributed by atoms with Gasteiger partial charge in [0.05, 0.1) is 6.04 Å². The number of amides is 1. The van der Waals surface area contributed by atoms with Crippen molar-refractivity contribution in [2.45, 2.75) is 57.5 Å². The molecule has 0 bridgehead atoms. The van der Waals surface area contributed by atoms with Gasteiger partial charge in [0.2, 0.25) is 5.91 Å². The van der Waals surface area contributed by atoms with Crippen LogP contribution in [0.1, 0.15) is 45.4 Å². The van der Waals surface area contributed by atoms with Crippen molar-refractivity contribution in [1.29, 1.82) is 0 Å². The summed E-state index contributed by atoms with van der Waals surface area (Å²) in [6.45, 7) is 1.95. The van der Waals surface area contributed by atoms with Crippen LogP contribution in [-0.4, -0.2) is 18.0 Å². The summed E-state index contributed by atoms with van der Waals surface area (Å²) in [6.07, 6.45) is 7.63. The highest BCUT2D eigenvalue weighted by atomic mass is 16.2. The predicted molar refractivity (Wildman–Crippen MR) is 79.2 cm³/mol.